The molecule has 1 aromatic carbocycles. The average molecular weight is 291 g/mol. The van der Waals surface area contributed by atoms with Gasteiger partial charge in [0.25, 0.3) is 5.91 Å². The summed E-state index contributed by atoms with van der Waals surface area (Å²) in [4.78, 5) is 11.6. The van der Waals surface area contributed by atoms with Crippen molar-refractivity contribution in [3.8, 4) is 0 Å². The topological polar surface area (TPSA) is 53.2 Å². The fourth-order valence-corrected chi connectivity index (χ4v) is 1.78. The second-order valence-corrected chi connectivity index (χ2v) is 5.08. The van der Waals surface area contributed by atoms with Gasteiger partial charge in [-0.15, -0.1) is 0 Å². The highest BCUT2D eigenvalue weighted by molar-refractivity contribution is 7.80. The van der Waals surface area contributed by atoms with Gasteiger partial charge in [-0.05, 0) is 49.7 Å². The Balaban J connectivity index is 2.41. The van der Waals surface area contributed by atoms with Crippen LogP contribution >= 0.6 is 12.2 Å². The molecule has 0 aliphatic carbocycles. The summed E-state index contributed by atoms with van der Waals surface area (Å²) < 4.78 is 0. The van der Waals surface area contributed by atoms with Crippen molar-refractivity contribution in [2.75, 3.05) is 0 Å². The van der Waals surface area contributed by atoms with Gasteiger partial charge in [-0.25, -0.2) is 0 Å². The first-order valence-electron chi connectivity index (χ1n) is 6.64. The van der Waals surface area contributed by atoms with Crippen LogP contribution in [0.15, 0.2) is 30.3 Å². The zero-order valence-corrected chi connectivity index (χ0v) is 12.9. The lowest BCUT2D eigenvalue weighted by atomic mass is 10.1. The van der Waals surface area contributed by atoms with Crippen LogP contribution < -0.4 is 16.2 Å². The van der Waals surface area contributed by atoms with Gasteiger partial charge in [0.05, 0.1) is 0 Å². The lowest BCUT2D eigenvalue weighted by molar-refractivity contribution is -0.116. The maximum Gasteiger partial charge on any atom is 0.262 e. The summed E-state index contributed by atoms with van der Waals surface area (Å²) in [5.74, 6) is -0.252. The lowest BCUT2D eigenvalue weighted by Gasteiger charge is -2.12. The molecule has 3 N–H and O–H groups in total. The minimum Gasteiger partial charge on any atom is -0.359 e. The molecule has 0 aliphatic heterocycles. The van der Waals surface area contributed by atoms with Crippen molar-refractivity contribution in [1.29, 1.82) is 0 Å². The van der Waals surface area contributed by atoms with Gasteiger partial charge in [0, 0.05) is 12.1 Å². The predicted molar refractivity (Wildman–Crippen MR) is 87.0 cm³/mol. The summed E-state index contributed by atoms with van der Waals surface area (Å²) >= 11 is 4.99. The maximum absolute atomic E-state index is 11.6. The number of aryl methyl sites for hydroxylation is 1. The molecule has 0 heterocycles. The second kappa shape index (κ2) is 8.32. The number of hydrogen-bond donors (Lipinski definition) is 3. The lowest BCUT2D eigenvalue weighted by Crippen LogP contribution is -2.48. The van der Waals surface area contributed by atoms with Crippen molar-refractivity contribution < 1.29 is 4.79 Å². The SMILES string of the molecule is CCc1ccc(/C=C/C(=O)NNC(=S)NC(C)C)cc1. The van der Waals surface area contributed by atoms with Crippen molar-refractivity contribution in [2.24, 2.45) is 0 Å². The Labute approximate surface area is 125 Å². The van der Waals surface area contributed by atoms with Crippen molar-refractivity contribution in [1.82, 2.24) is 16.2 Å². The van der Waals surface area contributed by atoms with E-state index in [0.29, 0.717) is 5.11 Å². The molecule has 0 atom stereocenters. The molecule has 108 valence electrons. The van der Waals surface area contributed by atoms with E-state index >= 15 is 0 Å². The fourth-order valence-electron chi connectivity index (χ4n) is 1.49. The van der Waals surface area contributed by atoms with Gasteiger partial charge in [-0.3, -0.25) is 15.6 Å². The minimum absolute atomic E-state index is 0.222. The number of carbonyl (C=O) groups excluding carboxylic acids is 1. The monoisotopic (exact) mass is 291 g/mol. The number of hydrogen-bond acceptors (Lipinski definition) is 2. The molecule has 0 saturated carbocycles. The van der Waals surface area contributed by atoms with E-state index in [9.17, 15) is 4.79 Å². The Morgan fingerprint density at radius 1 is 1.25 bits per heavy atom. The number of benzene rings is 1. The van der Waals surface area contributed by atoms with E-state index in [1.165, 1.54) is 11.6 Å². The average Bonchev–Trinajstić information content (AvgIpc) is 2.42. The first-order chi connectivity index (χ1) is 9.51. The zero-order valence-electron chi connectivity index (χ0n) is 12.1. The van der Waals surface area contributed by atoms with Gasteiger partial charge < -0.3 is 5.32 Å². The molecule has 0 unspecified atom stereocenters. The second-order valence-electron chi connectivity index (χ2n) is 4.67. The molecular weight excluding hydrogens is 270 g/mol. The van der Waals surface area contributed by atoms with Crippen molar-refractivity contribution >= 4 is 29.3 Å². The van der Waals surface area contributed by atoms with Crippen LogP contribution in [0.1, 0.15) is 31.9 Å². The number of hydrazine groups is 1. The predicted octanol–water partition coefficient (Wildman–Crippen LogP) is 2.17. The number of nitrogens with one attached hydrogen (secondary N) is 3. The fraction of sp³-hybridized carbons (Fsp3) is 0.333. The van der Waals surface area contributed by atoms with Crippen molar-refractivity contribution in [2.45, 2.75) is 33.2 Å². The molecule has 0 fully saturated rings. The molecule has 20 heavy (non-hydrogen) atoms. The molecule has 5 heteroatoms. The smallest absolute Gasteiger partial charge is 0.262 e. The number of thiocarbonyl (C=S) groups is 1. The molecule has 0 bridgehead atoms. The summed E-state index contributed by atoms with van der Waals surface area (Å²) in [5, 5.41) is 3.36. The van der Waals surface area contributed by atoms with Crippen LogP contribution in [0.2, 0.25) is 0 Å². The standard InChI is InChI=1S/C15H21N3OS/c1-4-12-5-7-13(8-6-12)9-10-14(19)17-18-15(20)16-11(2)3/h5-11H,4H2,1-3H3,(H,17,19)(H2,16,18,20)/b10-9+. The van der Waals surface area contributed by atoms with Gasteiger partial charge in [0.2, 0.25) is 0 Å². The van der Waals surface area contributed by atoms with Gasteiger partial charge in [0.1, 0.15) is 0 Å². The highest BCUT2D eigenvalue weighted by atomic mass is 32.1. The van der Waals surface area contributed by atoms with Crippen molar-refractivity contribution in [3.63, 3.8) is 0 Å². The minimum atomic E-state index is -0.252. The van der Waals surface area contributed by atoms with Crippen LogP contribution in [0.5, 0.6) is 0 Å². The molecule has 1 rings (SSSR count). The summed E-state index contributed by atoms with van der Waals surface area (Å²) in [7, 11) is 0. The molecule has 0 saturated heterocycles. The van der Waals surface area contributed by atoms with Gasteiger partial charge in [0.15, 0.2) is 5.11 Å². The summed E-state index contributed by atoms with van der Waals surface area (Å²) in [6, 6.07) is 8.30. The highest BCUT2D eigenvalue weighted by Crippen LogP contribution is 2.06. The molecule has 0 radical (unpaired) electrons. The molecular formula is C15H21N3OS. The summed E-state index contributed by atoms with van der Waals surface area (Å²) in [6.07, 6.45) is 4.23. The van der Waals surface area contributed by atoms with Gasteiger partial charge in [-0.1, -0.05) is 31.2 Å². The zero-order chi connectivity index (χ0) is 15.0. The largest absolute Gasteiger partial charge is 0.359 e. The Kier molecular flexibility index (Phi) is 6.73. The van der Waals surface area contributed by atoms with E-state index in [4.69, 9.17) is 12.2 Å². The molecule has 1 amide bonds. The third-order valence-electron chi connectivity index (χ3n) is 2.53. The quantitative estimate of drug-likeness (QED) is 0.452. The van der Waals surface area contributed by atoms with E-state index in [0.717, 1.165) is 12.0 Å². The van der Waals surface area contributed by atoms with E-state index in [-0.39, 0.29) is 11.9 Å². The van der Waals surface area contributed by atoms with Crippen molar-refractivity contribution in [3.05, 3.63) is 41.5 Å². The first-order valence-corrected chi connectivity index (χ1v) is 7.05. The maximum atomic E-state index is 11.6. The van der Waals surface area contributed by atoms with E-state index in [2.05, 4.69) is 35.2 Å². The van der Waals surface area contributed by atoms with Crippen LogP contribution in [0.4, 0.5) is 0 Å². The van der Waals surface area contributed by atoms with Crippen LogP contribution in [-0.4, -0.2) is 17.1 Å². The van der Waals surface area contributed by atoms with E-state index in [1.807, 2.05) is 26.0 Å². The Morgan fingerprint density at radius 2 is 1.90 bits per heavy atom. The van der Waals surface area contributed by atoms with Gasteiger partial charge >= 0.3 is 0 Å². The summed E-state index contributed by atoms with van der Waals surface area (Å²) in [6.45, 7) is 6.05. The first kappa shape index (κ1) is 16.2. The van der Waals surface area contributed by atoms with Crippen LogP contribution in [-0.2, 0) is 11.2 Å². The van der Waals surface area contributed by atoms with E-state index < -0.39 is 0 Å². The van der Waals surface area contributed by atoms with E-state index in [1.54, 1.807) is 6.08 Å². The van der Waals surface area contributed by atoms with Crippen LogP contribution in [0.3, 0.4) is 0 Å². The number of rotatable bonds is 4. The number of carbonyl (C=O) groups is 1. The molecule has 0 aromatic heterocycles. The number of amides is 1. The van der Waals surface area contributed by atoms with Crippen LogP contribution in [0.25, 0.3) is 6.08 Å². The highest BCUT2D eigenvalue weighted by Gasteiger charge is 1.99. The molecule has 4 nitrogen and oxygen atoms in total. The van der Waals surface area contributed by atoms with Gasteiger partial charge in [-0.2, -0.15) is 0 Å². The van der Waals surface area contributed by atoms with Crippen LogP contribution in [0, 0.1) is 0 Å². The normalized spacial score (nSPS) is 10.6. The molecule has 0 aliphatic rings. The Bertz CT molecular complexity index is 480. The molecule has 0 spiro atoms. The Morgan fingerprint density at radius 3 is 2.45 bits per heavy atom. The third kappa shape index (κ3) is 6.33. The Hall–Kier alpha value is -1.88. The summed E-state index contributed by atoms with van der Waals surface area (Å²) in [5.41, 5.74) is 7.40. The molecule has 1 aromatic rings. The third-order valence-corrected chi connectivity index (χ3v) is 2.75.